The minimum absolute atomic E-state index is 0.176. The molecule has 1 aliphatic rings. The molecule has 1 fully saturated rings. The summed E-state index contributed by atoms with van der Waals surface area (Å²) in [5.74, 6) is -0.176. The highest BCUT2D eigenvalue weighted by Gasteiger charge is 2.21. The summed E-state index contributed by atoms with van der Waals surface area (Å²) in [4.78, 5) is 23.4. The second kappa shape index (κ2) is 7.56. The lowest BCUT2D eigenvalue weighted by Gasteiger charge is -2.31. The number of carbonyl (C=O) groups is 1. The van der Waals surface area contributed by atoms with Crippen LogP contribution in [0.4, 0.5) is 5.69 Å². The number of nitrogens with one attached hydrogen (secondary N) is 1. The fraction of sp³-hybridized carbons (Fsp3) is 0.318. The number of aromatic nitrogens is 2. The molecule has 0 bridgehead atoms. The van der Waals surface area contributed by atoms with Crippen LogP contribution in [0.5, 0.6) is 0 Å². The lowest BCUT2D eigenvalue weighted by molar-refractivity contribution is 0.0958. The third-order valence-electron chi connectivity index (χ3n) is 5.30. The van der Waals surface area contributed by atoms with Crippen molar-refractivity contribution in [2.75, 3.05) is 38.3 Å². The third-order valence-corrected chi connectivity index (χ3v) is 5.30. The Morgan fingerprint density at radius 1 is 1.14 bits per heavy atom. The summed E-state index contributed by atoms with van der Waals surface area (Å²) in [5, 5.41) is 3.78. The number of morpholine rings is 1. The number of hydrogen-bond donors (Lipinski definition) is 1. The summed E-state index contributed by atoms with van der Waals surface area (Å²) in [6, 6.07) is 8.05. The number of benzene rings is 1. The number of aryl methyl sites for hydroxylation is 2. The van der Waals surface area contributed by atoms with Crippen molar-refractivity contribution in [1.82, 2.24) is 15.3 Å². The van der Waals surface area contributed by atoms with E-state index in [9.17, 15) is 4.79 Å². The van der Waals surface area contributed by atoms with E-state index in [1.165, 1.54) is 11.1 Å². The maximum atomic E-state index is 12.3. The van der Waals surface area contributed by atoms with Crippen molar-refractivity contribution < 1.29 is 9.53 Å². The first kappa shape index (κ1) is 18.4. The number of fused-ring (bicyclic) bond motifs is 1. The molecule has 0 unspecified atom stereocenters. The van der Waals surface area contributed by atoms with Gasteiger partial charge in [0.2, 0.25) is 0 Å². The van der Waals surface area contributed by atoms with Gasteiger partial charge in [0.1, 0.15) is 5.69 Å². The van der Waals surface area contributed by atoms with Crippen LogP contribution in [-0.2, 0) is 4.74 Å². The lowest BCUT2D eigenvalue weighted by Crippen LogP contribution is -2.36. The molecule has 0 spiro atoms. The Kier molecular flexibility index (Phi) is 4.96. The van der Waals surface area contributed by atoms with Gasteiger partial charge in [0.15, 0.2) is 0 Å². The molecule has 6 nitrogen and oxygen atoms in total. The number of carbonyl (C=O) groups excluding carboxylic acids is 1. The van der Waals surface area contributed by atoms with Crippen molar-refractivity contribution in [2.45, 2.75) is 13.8 Å². The summed E-state index contributed by atoms with van der Waals surface area (Å²) < 4.78 is 5.53. The standard InChI is InChI=1S/C22H24N4O2/c1-14-12-17-21(15(2)20(14)16-4-6-24-7-5-16)19(26-8-10-28-11-9-26)13-18(25-17)22(27)23-3/h4-7,12-13H,8-11H2,1-3H3,(H,23,27). The van der Waals surface area contributed by atoms with Crippen LogP contribution in [0.25, 0.3) is 22.0 Å². The molecule has 1 amide bonds. The Labute approximate surface area is 164 Å². The predicted molar refractivity (Wildman–Crippen MR) is 111 cm³/mol. The van der Waals surface area contributed by atoms with E-state index in [0.717, 1.165) is 40.8 Å². The molecule has 3 aromatic rings. The van der Waals surface area contributed by atoms with Gasteiger partial charge in [-0.2, -0.15) is 0 Å². The smallest absolute Gasteiger partial charge is 0.269 e. The average molecular weight is 376 g/mol. The Bertz CT molecular complexity index is 1030. The summed E-state index contributed by atoms with van der Waals surface area (Å²) in [6.07, 6.45) is 3.63. The van der Waals surface area contributed by atoms with Crippen LogP contribution in [0, 0.1) is 13.8 Å². The fourth-order valence-corrected chi connectivity index (χ4v) is 4.00. The zero-order valence-electron chi connectivity index (χ0n) is 16.5. The van der Waals surface area contributed by atoms with Gasteiger partial charge in [0, 0.05) is 43.6 Å². The van der Waals surface area contributed by atoms with Gasteiger partial charge in [-0.15, -0.1) is 0 Å². The molecular formula is C22H24N4O2. The highest BCUT2D eigenvalue weighted by atomic mass is 16.5. The molecule has 2 aromatic heterocycles. The Hall–Kier alpha value is -2.99. The number of pyridine rings is 2. The fourth-order valence-electron chi connectivity index (χ4n) is 4.00. The zero-order chi connectivity index (χ0) is 19.7. The van der Waals surface area contributed by atoms with Crippen LogP contribution in [0.2, 0.25) is 0 Å². The summed E-state index contributed by atoms with van der Waals surface area (Å²) in [5.41, 5.74) is 6.94. The van der Waals surface area contributed by atoms with Gasteiger partial charge in [-0.25, -0.2) is 4.98 Å². The van der Waals surface area contributed by atoms with Crippen molar-refractivity contribution in [3.8, 4) is 11.1 Å². The molecule has 0 aliphatic carbocycles. The molecule has 0 atom stereocenters. The molecular weight excluding hydrogens is 352 g/mol. The minimum Gasteiger partial charge on any atom is -0.378 e. The SMILES string of the molecule is CNC(=O)c1cc(N2CCOCC2)c2c(C)c(-c3ccncc3)c(C)cc2n1. The van der Waals surface area contributed by atoms with Gasteiger partial charge in [-0.3, -0.25) is 9.78 Å². The molecule has 1 aliphatic heterocycles. The molecule has 144 valence electrons. The summed E-state index contributed by atoms with van der Waals surface area (Å²) in [7, 11) is 1.63. The van der Waals surface area contributed by atoms with Crippen molar-refractivity contribution in [3.05, 3.63) is 53.5 Å². The molecule has 1 saturated heterocycles. The normalized spacial score (nSPS) is 14.3. The first-order valence-electron chi connectivity index (χ1n) is 9.50. The highest BCUT2D eigenvalue weighted by Crippen LogP contribution is 2.37. The van der Waals surface area contributed by atoms with Crippen LogP contribution in [0.1, 0.15) is 21.6 Å². The molecule has 0 saturated carbocycles. The Balaban J connectivity index is 2.01. The number of hydrogen-bond acceptors (Lipinski definition) is 5. The van der Waals surface area contributed by atoms with Gasteiger partial charge in [0.25, 0.3) is 5.91 Å². The first-order valence-corrected chi connectivity index (χ1v) is 9.50. The van der Waals surface area contributed by atoms with E-state index in [0.29, 0.717) is 18.9 Å². The molecule has 4 rings (SSSR count). The quantitative estimate of drug-likeness (QED) is 0.761. The van der Waals surface area contributed by atoms with Crippen LogP contribution in [0.15, 0.2) is 36.7 Å². The summed E-state index contributed by atoms with van der Waals surface area (Å²) >= 11 is 0. The number of amides is 1. The van der Waals surface area contributed by atoms with Gasteiger partial charge in [-0.05, 0) is 60.4 Å². The van der Waals surface area contributed by atoms with E-state index >= 15 is 0 Å². The monoisotopic (exact) mass is 376 g/mol. The van der Waals surface area contributed by atoms with Gasteiger partial charge in [-0.1, -0.05) is 0 Å². The number of ether oxygens (including phenoxy) is 1. The second-order valence-corrected chi connectivity index (χ2v) is 7.03. The van der Waals surface area contributed by atoms with Crippen molar-refractivity contribution in [1.29, 1.82) is 0 Å². The minimum atomic E-state index is -0.176. The number of anilines is 1. The number of rotatable bonds is 3. The lowest BCUT2D eigenvalue weighted by atomic mass is 9.92. The third kappa shape index (κ3) is 3.20. The van der Waals surface area contributed by atoms with Crippen LogP contribution >= 0.6 is 0 Å². The van der Waals surface area contributed by atoms with Gasteiger partial charge in [0.05, 0.1) is 18.7 Å². The van der Waals surface area contributed by atoms with Crippen LogP contribution < -0.4 is 10.2 Å². The topological polar surface area (TPSA) is 67.4 Å². The van der Waals surface area contributed by atoms with E-state index in [1.807, 2.05) is 30.6 Å². The van der Waals surface area contributed by atoms with E-state index in [2.05, 4.69) is 40.1 Å². The molecule has 28 heavy (non-hydrogen) atoms. The van der Waals surface area contributed by atoms with E-state index in [4.69, 9.17) is 4.74 Å². The molecule has 6 heteroatoms. The molecule has 1 N–H and O–H groups in total. The van der Waals surface area contributed by atoms with Crippen LogP contribution in [-0.4, -0.2) is 49.2 Å². The maximum absolute atomic E-state index is 12.3. The van der Waals surface area contributed by atoms with Crippen molar-refractivity contribution in [2.24, 2.45) is 0 Å². The van der Waals surface area contributed by atoms with Crippen molar-refractivity contribution in [3.63, 3.8) is 0 Å². The van der Waals surface area contributed by atoms with E-state index in [1.54, 1.807) is 7.05 Å². The number of nitrogens with zero attached hydrogens (tertiary/aromatic N) is 3. The summed E-state index contributed by atoms with van der Waals surface area (Å²) in [6.45, 7) is 7.18. The predicted octanol–water partition coefficient (Wildman–Crippen LogP) is 3.11. The largest absolute Gasteiger partial charge is 0.378 e. The van der Waals surface area contributed by atoms with Gasteiger partial charge >= 0.3 is 0 Å². The van der Waals surface area contributed by atoms with Crippen LogP contribution in [0.3, 0.4) is 0 Å². The highest BCUT2D eigenvalue weighted by molar-refractivity contribution is 6.03. The first-order chi connectivity index (χ1) is 13.6. The van der Waals surface area contributed by atoms with E-state index in [-0.39, 0.29) is 5.91 Å². The molecule has 1 aromatic carbocycles. The van der Waals surface area contributed by atoms with E-state index < -0.39 is 0 Å². The van der Waals surface area contributed by atoms with Gasteiger partial charge < -0.3 is 15.0 Å². The Morgan fingerprint density at radius 3 is 2.54 bits per heavy atom. The average Bonchev–Trinajstić information content (AvgIpc) is 2.73. The van der Waals surface area contributed by atoms with Crippen molar-refractivity contribution >= 4 is 22.5 Å². The molecule has 3 heterocycles. The molecule has 0 radical (unpaired) electrons. The zero-order valence-corrected chi connectivity index (χ0v) is 16.5. The maximum Gasteiger partial charge on any atom is 0.269 e. The second-order valence-electron chi connectivity index (χ2n) is 7.03. The Morgan fingerprint density at radius 2 is 1.86 bits per heavy atom.